The Hall–Kier alpha value is -2.54. The number of carbonyl (C=O) groups is 2. The predicted molar refractivity (Wildman–Crippen MR) is 103 cm³/mol. The molecule has 0 unspecified atom stereocenters. The third-order valence-corrected chi connectivity index (χ3v) is 4.52. The number of esters is 1. The molecule has 2 aromatic carbocycles. The van der Waals surface area contributed by atoms with E-state index in [-0.39, 0.29) is 12.2 Å². The molecule has 7 heteroatoms. The van der Waals surface area contributed by atoms with E-state index in [1.807, 2.05) is 6.26 Å². The Bertz CT molecular complexity index is 784. The molecule has 1 atom stereocenters. The lowest BCUT2D eigenvalue weighted by Crippen LogP contribution is -2.42. The summed E-state index contributed by atoms with van der Waals surface area (Å²) in [4.78, 5) is 25.0. The van der Waals surface area contributed by atoms with Crippen molar-refractivity contribution in [1.82, 2.24) is 5.32 Å². The van der Waals surface area contributed by atoms with Gasteiger partial charge in [0.1, 0.15) is 24.2 Å². The lowest BCUT2D eigenvalue weighted by molar-refractivity contribution is -0.147. The zero-order valence-electron chi connectivity index (χ0n) is 15.2. The number of hydrogen-bond donors (Lipinski definition) is 1. The number of ether oxygens (including phenoxy) is 2. The summed E-state index contributed by atoms with van der Waals surface area (Å²) in [6.07, 6.45) is 2.31. The second kappa shape index (κ2) is 10.6. The van der Waals surface area contributed by atoms with Crippen molar-refractivity contribution in [3.05, 3.63) is 65.5 Å². The van der Waals surface area contributed by atoms with Crippen molar-refractivity contribution in [2.24, 2.45) is 0 Å². The Morgan fingerprint density at radius 3 is 2.56 bits per heavy atom. The molecule has 0 radical (unpaired) electrons. The highest BCUT2D eigenvalue weighted by Gasteiger charge is 2.24. The molecule has 0 bridgehead atoms. The first-order chi connectivity index (χ1) is 13.1. The molecule has 2 aromatic rings. The van der Waals surface area contributed by atoms with Crippen LogP contribution in [0.25, 0.3) is 0 Å². The minimum Gasteiger partial charge on any atom is -0.496 e. The Balaban J connectivity index is 2.06. The number of rotatable bonds is 9. The van der Waals surface area contributed by atoms with Crippen LogP contribution >= 0.6 is 11.8 Å². The van der Waals surface area contributed by atoms with Crippen LogP contribution in [0.3, 0.4) is 0 Å². The van der Waals surface area contributed by atoms with Crippen LogP contribution in [-0.4, -0.2) is 37.0 Å². The SMILES string of the molecule is COc1ccccc1C(=O)N[C@@H](CCSC)C(=O)OCc1ccccc1F. The van der Waals surface area contributed by atoms with Crippen LogP contribution in [0.1, 0.15) is 22.3 Å². The van der Waals surface area contributed by atoms with Crippen LogP contribution < -0.4 is 10.1 Å². The maximum absolute atomic E-state index is 13.7. The number of halogens is 1. The first-order valence-electron chi connectivity index (χ1n) is 8.39. The Kier molecular flexibility index (Phi) is 8.13. The normalized spacial score (nSPS) is 11.5. The van der Waals surface area contributed by atoms with Crippen molar-refractivity contribution < 1.29 is 23.5 Å². The monoisotopic (exact) mass is 391 g/mol. The molecule has 1 N–H and O–H groups in total. The summed E-state index contributed by atoms with van der Waals surface area (Å²) in [6, 6.07) is 12.0. The maximum Gasteiger partial charge on any atom is 0.329 e. The van der Waals surface area contributed by atoms with E-state index in [4.69, 9.17) is 9.47 Å². The average Bonchev–Trinajstić information content (AvgIpc) is 2.70. The Morgan fingerprint density at radius 2 is 1.85 bits per heavy atom. The van der Waals surface area contributed by atoms with Crippen LogP contribution in [0.15, 0.2) is 48.5 Å². The lowest BCUT2D eigenvalue weighted by atomic mass is 10.1. The molecule has 0 aliphatic heterocycles. The van der Waals surface area contributed by atoms with Gasteiger partial charge >= 0.3 is 5.97 Å². The largest absolute Gasteiger partial charge is 0.496 e. The van der Waals surface area contributed by atoms with Crippen LogP contribution in [0.2, 0.25) is 0 Å². The van der Waals surface area contributed by atoms with E-state index in [2.05, 4.69) is 5.32 Å². The summed E-state index contributed by atoms with van der Waals surface area (Å²) in [7, 11) is 1.47. The zero-order chi connectivity index (χ0) is 19.6. The first kappa shape index (κ1) is 20.8. The Morgan fingerprint density at radius 1 is 1.15 bits per heavy atom. The number of benzene rings is 2. The minimum absolute atomic E-state index is 0.189. The number of para-hydroxylation sites is 1. The summed E-state index contributed by atoms with van der Waals surface area (Å²) in [5.41, 5.74) is 0.613. The molecule has 1 amide bonds. The van der Waals surface area contributed by atoms with Crippen LogP contribution in [0, 0.1) is 5.82 Å². The molecule has 27 heavy (non-hydrogen) atoms. The van der Waals surface area contributed by atoms with Crippen LogP contribution in [0.5, 0.6) is 5.75 Å². The molecule has 0 fully saturated rings. The molecule has 2 rings (SSSR count). The number of nitrogens with one attached hydrogen (secondary N) is 1. The van der Waals surface area contributed by atoms with E-state index < -0.39 is 23.7 Å². The van der Waals surface area contributed by atoms with E-state index in [1.165, 1.54) is 13.2 Å². The van der Waals surface area contributed by atoms with Gasteiger partial charge in [-0.1, -0.05) is 30.3 Å². The van der Waals surface area contributed by atoms with E-state index >= 15 is 0 Å². The van der Waals surface area contributed by atoms with Gasteiger partial charge in [0.2, 0.25) is 0 Å². The zero-order valence-corrected chi connectivity index (χ0v) is 16.1. The first-order valence-corrected chi connectivity index (χ1v) is 9.79. The van der Waals surface area contributed by atoms with Gasteiger partial charge in [-0.15, -0.1) is 0 Å². The van der Waals surface area contributed by atoms with Gasteiger partial charge in [-0.2, -0.15) is 11.8 Å². The molecule has 5 nitrogen and oxygen atoms in total. The summed E-state index contributed by atoms with van der Waals surface area (Å²) >= 11 is 1.55. The van der Waals surface area contributed by atoms with Crippen molar-refractivity contribution in [2.45, 2.75) is 19.1 Å². The van der Waals surface area contributed by atoms with Gasteiger partial charge in [-0.3, -0.25) is 4.79 Å². The summed E-state index contributed by atoms with van der Waals surface area (Å²) in [6.45, 7) is -0.189. The van der Waals surface area contributed by atoms with E-state index in [1.54, 1.807) is 54.2 Å². The van der Waals surface area contributed by atoms with Gasteiger partial charge in [0, 0.05) is 5.56 Å². The van der Waals surface area contributed by atoms with Crippen molar-refractivity contribution in [1.29, 1.82) is 0 Å². The highest BCUT2D eigenvalue weighted by molar-refractivity contribution is 7.98. The molecule has 0 heterocycles. The number of hydrogen-bond acceptors (Lipinski definition) is 5. The lowest BCUT2D eigenvalue weighted by Gasteiger charge is -2.18. The average molecular weight is 391 g/mol. The highest BCUT2D eigenvalue weighted by Crippen LogP contribution is 2.18. The standard InChI is InChI=1S/C20H22FNO4S/c1-25-18-10-6-4-8-15(18)19(23)22-17(11-12-27-2)20(24)26-13-14-7-3-5-9-16(14)21/h3-10,17H,11-13H2,1-2H3,(H,22,23)/t17-/m0/s1. The smallest absolute Gasteiger partial charge is 0.329 e. The summed E-state index contributed by atoms with van der Waals surface area (Å²) in [5.74, 6) is -0.398. The van der Waals surface area contributed by atoms with E-state index in [9.17, 15) is 14.0 Å². The molecule has 0 aliphatic rings. The summed E-state index contributed by atoms with van der Waals surface area (Å²) in [5, 5.41) is 2.69. The quantitative estimate of drug-likeness (QED) is 0.664. The Labute approximate surface area is 162 Å². The molecule has 0 saturated heterocycles. The maximum atomic E-state index is 13.7. The minimum atomic E-state index is -0.832. The van der Waals surface area contributed by atoms with E-state index in [0.717, 1.165) is 0 Å². The van der Waals surface area contributed by atoms with E-state index in [0.29, 0.717) is 23.5 Å². The third kappa shape index (κ3) is 5.99. The topological polar surface area (TPSA) is 64.6 Å². The predicted octanol–water partition coefficient (Wildman–Crippen LogP) is 3.43. The molecular formula is C20H22FNO4S. The van der Waals surface area contributed by atoms with Gasteiger partial charge in [0.15, 0.2) is 0 Å². The fraction of sp³-hybridized carbons (Fsp3) is 0.300. The van der Waals surface area contributed by atoms with Crippen molar-refractivity contribution >= 4 is 23.6 Å². The molecule has 0 saturated carbocycles. The molecule has 0 aromatic heterocycles. The third-order valence-electron chi connectivity index (χ3n) is 3.88. The number of thioether (sulfide) groups is 1. The second-order valence-electron chi connectivity index (χ2n) is 5.71. The van der Waals surface area contributed by atoms with Gasteiger partial charge in [-0.25, -0.2) is 9.18 Å². The van der Waals surface area contributed by atoms with Crippen molar-refractivity contribution in [2.75, 3.05) is 19.1 Å². The number of carbonyl (C=O) groups excluding carboxylic acids is 2. The molecule has 0 spiro atoms. The van der Waals surface area contributed by atoms with Crippen molar-refractivity contribution in [3.63, 3.8) is 0 Å². The second-order valence-corrected chi connectivity index (χ2v) is 6.69. The number of amides is 1. The highest BCUT2D eigenvalue weighted by atomic mass is 32.2. The summed E-state index contributed by atoms with van der Waals surface area (Å²) < 4.78 is 24.1. The van der Waals surface area contributed by atoms with Crippen LogP contribution in [0.4, 0.5) is 4.39 Å². The molecule has 0 aliphatic carbocycles. The van der Waals surface area contributed by atoms with Crippen molar-refractivity contribution in [3.8, 4) is 5.75 Å². The fourth-order valence-electron chi connectivity index (χ4n) is 2.42. The van der Waals surface area contributed by atoms with Gasteiger partial charge in [0.25, 0.3) is 5.91 Å². The van der Waals surface area contributed by atoms with Gasteiger partial charge in [0.05, 0.1) is 12.7 Å². The number of methoxy groups -OCH3 is 1. The molecular weight excluding hydrogens is 369 g/mol. The van der Waals surface area contributed by atoms with Gasteiger partial charge in [-0.05, 0) is 36.6 Å². The van der Waals surface area contributed by atoms with Crippen LogP contribution in [-0.2, 0) is 16.1 Å². The fourth-order valence-corrected chi connectivity index (χ4v) is 2.89. The molecule has 144 valence electrons. The van der Waals surface area contributed by atoms with Gasteiger partial charge < -0.3 is 14.8 Å².